The highest BCUT2D eigenvalue weighted by atomic mass is 32.2. The Morgan fingerprint density at radius 2 is 2.04 bits per heavy atom. The van der Waals surface area contributed by atoms with Crippen molar-refractivity contribution in [1.82, 2.24) is 10.2 Å². The highest BCUT2D eigenvalue weighted by molar-refractivity contribution is 7.98. The van der Waals surface area contributed by atoms with Gasteiger partial charge in [0, 0.05) is 17.5 Å². The summed E-state index contributed by atoms with van der Waals surface area (Å²) in [4.78, 5) is 15.6. The molecule has 0 spiro atoms. The molecular weight excluding hydrogens is 393 g/mol. The second-order valence-corrected chi connectivity index (χ2v) is 7.86. The molecule has 156 valence electrons. The first-order valence-corrected chi connectivity index (χ1v) is 10.5. The Hall–Kier alpha value is -1.45. The molecule has 2 atom stereocenters. The molecule has 2 aliphatic rings. The molecule has 1 N–H and O–H groups in total. The lowest BCUT2D eigenvalue weighted by molar-refractivity contribution is -0.137. The zero-order valence-electron chi connectivity index (χ0n) is 16.0. The first-order chi connectivity index (χ1) is 13.3. The number of hydrogen-bond acceptors (Lipinski definition) is 5. The largest absolute Gasteiger partial charge is 0.496 e. The number of thioether (sulfide) groups is 1. The van der Waals surface area contributed by atoms with Gasteiger partial charge in [-0.3, -0.25) is 9.69 Å². The summed E-state index contributed by atoms with van der Waals surface area (Å²) in [7, 11) is 1.27. The number of benzene rings is 1. The molecule has 5 nitrogen and oxygen atoms in total. The number of amides is 1. The maximum atomic E-state index is 13.2. The van der Waals surface area contributed by atoms with E-state index in [1.54, 1.807) is 6.26 Å². The molecule has 9 heteroatoms. The fourth-order valence-corrected chi connectivity index (χ4v) is 4.56. The van der Waals surface area contributed by atoms with Crippen molar-refractivity contribution in [2.75, 3.05) is 39.7 Å². The maximum Gasteiger partial charge on any atom is 0.416 e. The van der Waals surface area contributed by atoms with Crippen molar-refractivity contribution >= 4 is 17.7 Å². The molecule has 1 amide bonds. The summed E-state index contributed by atoms with van der Waals surface area (Å²) < 4.78 is 50.2. The van der Waals surface area contributed by atoms with Gasteiger partial charge in [0.05, 0.1) is 30.9 Å². The monoisotopic (exact) mass is 418 g/mol. The molecule has 0 aliphatic carbocycles. The number of carbonyl (C=O) groups is 1. The molecule has 0 bridgehead atoms. The summed E-state index contributed by atoms with van der Waals surface area (Å²) in [5, 5.41) is 2.99. The molecule has 2 heterocycles. The molecule has 28 heavy (non-hydrogen) atoms. The molecule has 3 rings (SSSR count). The molecule has 2 aliphatic heterocycles. The van der Waals surface area contributed by atoms with Crippen LogP contribution in [-0.4, -0.2) is 62.6 Å². The minimum atomic E-state index is -4.51. The van der Waals surface area contributed by atoms with Crippen LogP contribution in [0.25, 0.3) is 0 Å². The van der Waals surface area contributed by atoms with Crippen LogP contribution < -0.4 is 10.1 Å². The zero-order chi connectivity index (χ0) is 20.3. The van der Waals surface area contributed by atoms with Crippen LogP contribution in [0.2, 0.25) is 0 Å². The van der Waals surface area contributed by atoms with Gasteiger partial charge in [0.25, 0.3) is 5.91 Å². The number of likely N-dealkylation sites (tertiary alicyclic amines) is 1. The van der Waals surface area contributed by atoms with E-state index in [1.807, 2.05) is 0 Å². The van der Waals surface area contributed by atoms with E-state index in [2.05, 4.69) is 10.2 Å². The number of alkyl halides is 3. The molecule has 2 fully saturated rings. The predicted octanol–water partition coefficient (Wildman–Crippen LogP) is 3.42. The summed E-state index contributed by atoms with van der Waals surface area (Å²) in [6, 6.07) is 1.85. The van der Waals surface area contributed by atoms with Crippen molar-refractivity contribution in [2.45, 2.75) is 42.4 Å². The highest BCUT2D eigenvalue weighted by Gasteiger charge is 2.36. The molecule has 1 aromatic rings. The first-order valence-electron chi connectivity index (χ1n) is 9.31. The van der Waals surface area contributed by atoms with Gasteiger partial charge in [-0.05, 0) is 50.7 Å². The number of nitrogens with one attached hydrogen (secondary N) is 1. The smallest absolute Gasteiger partial charge is 0.416 e. The topological polar surface area (TPSA) is 50.8 Å². The van der Waals surface area contributed by atoms with Crippen molar-refractivity contribution in [3.8, 4) is 5.75 Å². The molecule has 0 saturated carbocycles. The Bertz CT molecular complexity index is 683. The van der Waals surface area contributed by atoms with Crippen molar-refractivity contribution < 1.29 is 27.4 Å². The minimum absolute atomic E-state index is 0.0777. The van der Waals surface area contributed by atoms with E-state index in [0.717, 1.165) is 56.2 Å². The standard InChI is InChI=1S/C19H25F3N2O3S/c1-26-15-9-12(19(20,21)22)10-16(28-2)17(15)18(25)23-13-11-27-8-5-14(13)24-6-3-4-7-24/h9-10,13-14H,3-8,11H2,1-2H3,(H,23,25)/t13?,14-/m1/s1. The van der Waals surface area contributed by atoms with Crippen LogP contribution >= 0.6 is 11.8 Å². The summed E-state index contributed by atoms with van der Waals surface area (Å²) in [5.41, 5.74) is -0.699. The van der Waals surface area contributed by atoms with E-state index < -0.39 is 17.6 Å². The molecule has 1 aromatic carbocycles. The van der Waals surface area contributed by atoms with Gasteiger partial charge in [-0.25, -0.2) is 0 Å². The maximum absolute atomic E-state index is 13.2. The summed E-state index contributed by atoms with van der Waals surface area (Å²) in [6.45, 7) is 3.03. The number of carbonyl (C=O) groups excluding carboxylic acids is 1. The van der Waals surface area contributed by atoms with Gasteiger partial charge in [0.2, 0.25) is 0 Å². The Morgan fingerprint density at radius 1 is 1.32 bits per heavy atom. The van der Waals surface area contributed by atoms with E-state index in [9.17, 15) is 18.0 Å². The lowest BCUT2D eigenvalue weighted by Crippen LogP contribution is -2.56. The van der Waals surface area contributed by atoms with Gasteiger partial charge in [-0.15, -0.1) is 11.8 Å². The summed E-state index contributed by atoms with van der Waals surface area (Å²) >= 11 is 1.09. The van der Waals surface area contributed by atoms with Crippen LogP contribution in [0.3, 0.4) is 0 Å². The number of hydrogen-bond donors (Lipinski definition) is 1. The average Bonchev–Trinajstić information content (AvgIpc) is 3.21. The van der Waals surface area contributed by atoms with E-state index in [-0.39, 0.29) is 28.3 Å². The van der Waals surface area contributed by atoms with Crippen LogP contribution in [-0.2, 0) is 10.9 Å². The number of ether oxygens (including phenoxy) is 2. The predicted molar refractivity (Wildman–Crippen MR) is 101 cm³/mol. The second-order valence-electron chi connectivity index (χ2n) is 7.01. The van der Waals surface area contributed by atoms with Gasteiger partial charge >= 0.3 is 6.18 Å². The van der Waals surface area contributed by atoms with Gasteiger partial charge in [0.1, 0.15) is 5.75 Å². The van der Waals surface area contributed by atoms with Crippen LogP contribution in [0.1, 0.15) is 35.2 Å². The first kappa shape index (κ1) is 21.3. The third-order valence-corrected chi connectivity index (χ3v) is 6.07. The lowest BCUT2D eigenvalue weighted by Gasteiger charge is -2.38. The average molecular weight is 418 g/mol. The fourth-order valence-electron chi connectivity index (χ4n) is 3.91. The van der Waals surface area contributed by atoms with Crippen molar-refractivity contribution in [2.24, 2.45) is 0 Å². The van der Waals surface area contributed by atoms with Crippen LogP contribution in [0, 0.1) is 0 Å². The van der Waals surface area contributed by atoms with Crippen molar-refractivity contribution in [1.29, 1.82) is 0 Å². The third kappa shape index (κ3) is 4.58. The van der Waals surface area contributed by atoms with Crippen LogP contribution in [0.15, 0.2) is 17.0 Å². The number of nitrogens with zero attached hydrogens (tertiary/aromatic N) is 1. The van der Waals surface area contributed by atoms with Gasteiger partial charge in [-0.2, -0.15) is 13.2 Å². The number of methoxy groups -OCH3 is 1. The molecular formula is C19H25F3N2O3S. The number of halogens is 3. The van der Waals surface area contributed by atoms with Crippen LogP contribution in [0.4, 0.5) is 13.2 Å². The number of rotatable bonds is 5. The minimum Gasteiger partial charge on any atom is -0.496 e. The Morgan fingerprint density at radius 3 is 2.64 bits per heavy atom. The van der Waals surface area contributed by atoms with Crippen LogP contribution in [0.5, 0.6) is 5.75 Å². The van der Waals surface area contributed by atoms with Gasteiger partial charge < -0.3 is 14.8 Å². The molecule has 0 radical (unpaired) electrons. The lowest BCUT2D eigenvalue weighted by atomic mass is 10.0. The zero-order valence-corrected chi connectivity index (χ0v) is 16.8. The van der Waals surface area contributed by atoms with Crippen molar-refractivity contribution in [3.63, 3.8) is 0 Å². The van der Waals surface area contributed by atoms with Gasteiger partial charge in [-0.1, -0.05) is 0 Å². The summed E-state index contributed by atoms with van der Waals surface area (Å²) in [6.07, 6.45) is 0.237. The van der Waals surface area contributed by atoms with E-state index in [4.69, 9.17) is 9.47 Å². The molecule has 2 saturated heterocycles. The van der Waals surface area contributed by atoms with Crippen molar-refractivity contribution in [3.05, 3.63) is 23.3 Å². The molecule has 0 aromatic heterocycles. The van der Waals surface area contributed by atoms with Gasteiger partial charge in [0.15, 0.2) is 0 Å². The molecule has 1 unspecified atom stereocenters. The van der Waals surface area contributed by atoms with E-state index >= 15 is 0 Å². The third-order valence-electron chi connectivity index (χ3n) is 5.31. The Labute approximate surface area is 166 Å². The highest BCUT2D eigenvalue weighted by Crippen LogP contribution is 2.38. The van der Waals surface area contributed by atoms with E-state index in [0.29, 0.717) is 13.2 Å². The van der Waals surface area contributed by atoms with E-state index in [1.165, 1.54) is 7.11 Å². The Kier molecular flexibility index (Phi) is 6.77. The Balaban J connectivity index is 1.86. The normalized spacial score (nSPS) is 23.6. The quantitative estimate of drug-likeness (QED) is 0.743. The fraction of sp³-hybridized carbons (Fsp3) is 0.632. The SMILES string of the molecule is COc1cc(C(F)(F)F)cc(SC)c1C(=O)NC1COCC[C@H]1N1CCCC1. The summed E-state index contributed by atoms with van der Waals surface area (Å²) in [5.74, 6) is -0.513. The second kappa shape index (κ2) is 8.92.